The molecule has 0 amide bonds. The first-order chi connectivity index (χ1) is 20.1. The summed E-state index contributed by atoms with van der Waals surface area (Å²) in [6.07, 6.45) is 12.6. The van der Waals surface area contributed by atoms with Crippen LogP contribution in [-0.4, -0.2) is 3.26 Å². The second-order valence-corrected chi connectivity index (χ2v) is 39.5. The van der Waals surface area contributed by atoms with Crippen molar-refractivity contribution >= 4 is 15.4 Å². The van der Waals surface area contributed by atoms with Crippen LogP contribution in [0.15, 0.2) is 84.9 Å². The molecule has 2 atom stereocenters. The summed E-state index contributed by atoms with van der Waals surface area (Å²) >= 11 is -3.98. The quantitative estimate of drug-likeness (QED) is 0.174. The van der Waals surface area contributed by atoms with Crippen molar-refractivity contribution in [2.45, 2.75) is 71.1 Å². The fraction of sp³-hybridized carbons (Fsp3) is 0.293. The van der Waals surface area contributed by atoms with Crippen molar-refractivity contribution in [1.82, 2.24) is 0 Å². The van der Waals surface area contributed by atoms with Gasteiger partial charge in [0.15, 0.2) is 0 Å². The minimum atomic E-state index is -3.98. The van der Waals surface area contributed by atoms with Gasteiger partial charge in [0.2, 0.25) is 0 Å². The van der Waals surface area contributed by atoms with Gasteiger partial charge in [0.25, 0.3) is 0 Å². The molecule has 4 aromatic carbocycles. The van der Waals surface area contributed by atoms with Crippen LogP contribution in [-0.2, 0) is 18.0 Å². The number of fused-ring (bicyclic) bond motifs is 2. The van der Waals surface area contributed by atoms with Gasteiger partial charge < -0.3 is 0 Å². The normalized spacial score (nSPS) is 17.5. The van der Waals surface area contributed by atoms with E-state index in [-0.39, 0.29) is 0 Å². The number of hydrogen-bond acceptors (Lipinski definition) is 0. The van der Waals surface area contributed by atoms with E-state index in [0.717, 1.165) is 0 Å². The van der Waals surface area contributed by atoms with E-state index in [1.54, 1.807) is 11.1 Å². The van der Waals surface area contributed by atoms with E-state index in [2.05, 4.69) is 148 Å². The summed E-state index contributed by atoms with van der Waals surface area (Å²) in [5.41, 5.74) is 17.0. The van der Waals surface area contributed by atoms with Gasteiger partial charge in [-0.25, -0.2) is 0 Å². The first-order valence-corrected chi connectivity index (χ1v) is 29.0. The molecule has 0 aromatic heterocycles. The fourth-order valence-electron chi connectivity index (χ4n) is 8.78. The molecule has 0 fully saturated rings. The molecule has 214 valence electrons. The van der Waals surface area contributed by atoms with Crippen molar-refractivity contribution in [3.8, 4) is 22.3 Å². The molecule has 0 spiro atoms. The molecular weight excluding hydrogens is 671 g/mol. The Balaban J connectivity index is 1.57. The summed E-state index contributed by atoms with van der Waals surface area (Å²) in [5.74, 6) is 0. The summed E-state index contributed by atoms with van der Waals surface area (Å²) in [6, 6.07) is 27.7. The Hall–Kier alpha value is -2.90. The van der Waals surface area contributed by atoms with Crippen LogP contribution in [0.5, 0.6) is 0 Å². The number of hydrogen-bond donors (Lipinski definition) is 0. The van der Waals surface area contributed by atoms with E-state index < -0.39 is 18.0 Å². The second kappa shape index (κ2) is 10.7. The van der Waals surface area contributed by atoms with Gasteiger partial charge in [0.1, 0.15) is 0 Å². The molecule has 0 aliphatic heterocycles. The molecule has 0 radical (unpaired) electrons. The fourth-order valence-corrected chi connectivity index (χ4v) is 35.0. The molecule has 0 heterocycles. The van der Waals surface area contributed by atoms with Crippen LogP contribution in [0.25, 0.3) is 34.4 Å². The van der Waals surface area contributed by atoms with Gasteiger partial charge in [0.05, 0.1) is 0 Å². The molecule has 2 unspecified atom stereocenters. The molecule has 42 heavy (non-hydrogen) atoms. The van der Waals surface area contributed by atoms with Crippen LogP contribution < -0.4 is 0 Å². The molecule has 4 aromatic rings. The van der Waals surface area contributed by atoms with Gasteiger partial charge in [-0.2, -0.15) is 0 Å². The Bertz CT molecular complexity index is 1720. The Morgan fingerprint density at radius 1 is 0.548 bits per heavy atom. The van der Waals surface area contributed by atoms with E-state index in [1.807, 2.05) is 3.26 Å². The van der Waals surface area contributed by atoms with Gasteiger partial charge in [-0.05, 0) is 0 Å². The third kappa shape index (κ3) is 4.22. The Labute approximate surface area is 254 Å². The average Bonchev–Trinajstić information content (AvgIpc) is 3.63. The first kappa shape index (κ1) is 29.2. The average molecular weight is 717 g/mol. The van der Waals surface area contributed by atoms with Crippen LogP contribution in [0.1, 0.15) is 78.5 Å². The van der Waals surface area contributed by atoms with Crippen molar-refractivity contribution in [2.75, 3.05) is 0 Å². The maximum atomic E-state index is 2.79. The van der Waals surface area contributed by atoms with Crippen LogP contribution in [0.3, 0.4) is 0 Å². The molecule has 0 bridgehead atoms. The maximum absolute atomic E-state index is 3.98. The van der Waals surface area contributed by atoms with Crippen molar-refractivity contribution < 1.29 is 18.0 Å². The van der Waals surface area contributed by atoms with Crippen LogP contribution in [0.4, 0.5) is 0 Å². The molecule has 1 heteroatoms. The zero-order valence-corrected chi connectivity index (χ0v) is 30.4. The first-order valence-electron chi connectivity index (χ1n) is 15.9. The molecular formula is C41H46Hf. The van der Waals surface area contributed by atoms with Gasteiger partial charge >= 0.3 is 256 Å². The van der Waals surface area contributed by atoms with E-state index in [4.69, 9.17) is 0 Å². The van der Waals surface area contributed by atoms with Crippen molar-refractivity contribution in [1.29, 1.82) is 0 Å². The van der Waals surface area contributed by atoms with E-state index in [9.17, 15) is 0 Å². The number of benzene rings is 4. The summed E-state index contributed by atoms with van der Waals surface area (Å²) < 4.78 is 8.42. The monoisotopic (exact) mass is 718 g/mol. The topological polar surface area (TPSA) is 0 Å². The Kier molecular flexibility index (Phi) is 7.42. The third-order valence-corrected chi connectivity index (χ3v) is 39.5. The van der Waals surface area contributed by atoms with Crippen molar-refractivity contribution in [3.05, 3.63) is 129 Å². The molecule has 0 nitrogen and oxygen atoms in total. The summed E-state index contributed by atoms with van der Waals surface area (Å²) in [4.78, 5) is 0. The van der Waals surface area contributed by atoms with Crippen LogP contribution in [0.2, 0.25) is 9.36 Å². The zero-order chi connectivity index (χ0) is 29.8. The Morgan fingerprint density at radius 3 is 1.33 bits per heavy atom. The molecule has 0 N–H and O–H groups in total. The molecule has 6 rings (SSSR count). The molecule has 0 saturated carbocycles. The van der Waals surface area contributed by atoms with Gasteiger partial charge in [-0.3, -0.25) is 0 Å². The number of aryl methyl sites for hydroxylation is 2. The standard InChI is InChI=1S/2C17H15.C5H10.2CH3.Hf/c2*1-12-6-3-9-15(13(12)2)17-11-5-8-14-7-4-10-16(14)17;1-3-5-4-2;;;/h2*3-11H,1-2H3;3-4H2,1-2H3;2*1H3;. The van der Waals surface area contributed by atoms with E-state index in [0.29, 0.717) is 7.35 Å². The Morgan fingerprint density at radius 2 is 0.929 bits per heavy atom. The second-order valence-electron chi connectivity index (χ2n) is 13.7. The van der Waals surface area contributed by atoms with Crippen LogP contribution in [0, 0.1) is 27.7 Å². The number of allylic oxidation sites excluding steroid dienone is 2. The van der Waals surface area contributed by atoms with Crippen molar-refractivity contribution in [3.63, 3.8) is 0 Å². The summed E-state index contributed by atoms with van der Waals surface area (Å²) in [5, 5.41) is 0. The molecule has 0 saturated heterocycles. The molecule has 2 aliphatic rings. The van der Waals surface area contributed by atoms with Gasteiger partial charge in [-0.15, -0.1) is 0 Å². The predicted octanol–water partition coefficient (Wildman–Crippen LogP) is 11.9. The van der Waals surface area contributed by atoms with Gasteiger partial charge in [-0.1, -0.05) is 0 Å². The van der Waals surface area contributed by atoms with Crippen molar-refractivity contribution in [2.24, 2.45) is 0 Å². The van der Waals surface area contributed by atoms with E-state index >= 15 is 0 Å². The SMILES string of the molecule is CC[C](CC)=[Hf]([CH3])([CH3])([CH]1C=Cc2c(-c3cccc(C)c3C)cccc21)[CH]1C=Cc2c(-c3cccc(C)c3C)cccc21. The van der Waals surface area contributed by atoms with E-state index in [1.165, 1.54) is 68.5 Å². The summed E-state index contributed by atoms with van der Waals surface area (Å²) in [6.45, 7) is 13.9. The third-order valence-electron chi connectivity index (χ3n) is 11.5. The number of rotatable bonds is 6. The summed E-state index contributed by atoms with van der Waals surface area (Å²) in [7, 11) is 0. The molecule has 2 aliphatic carbocycles. The zero-order valence-electron chi connectivity index (χ0n) is 26.8. The van der Waals surface area contributed by atoms with Crippen LogP contribution >= 0.6 is 0 Å². The van der Waals surface area contributed by atoms with Gasteiger partial charge in [0, 0.05) is 0 Å². The predicted molar refractivity (Wildman–Crippen MR) is 184 cm³/mol. The minimum absolute atomic E-state index is 0.488.